The standard InChI is InChI=1S/C22H24ClN5O3S/c1-4-13(2)18(25-21(30)24-16-9-6-8-15(23)12-16)19(29)26-22-28-27-20(32-22)14-7-5-10-17(11-14)31-3/h5-13,18H,4H2,1-3H3,(H2,24,25,30)(H,26,28,29). The Hall–Kier alpha value is -3.17. The maximum absolute atomic E-state index is 12.9. The van der Waals surface area contributed by atoms with Crippen molar-refractivity contribution in [3.8, 4) is 16.3 Å². The third-order valence-corrected chi connectivity index (χ3v) is 5.96. The molecule has 168 valence electrons. The summed E-state index contributed by atoms with van der Waals surface area (Å²) in [5.74, 6) is 0.231. The first-order valence-corrected chi connectivity index (χ1v) is 11.2. The van der Waals surface area contributed by atoms with E-state index in [0.29, 0.717) is 33.0 Å². The van der Waals surface area contributed by atoms with E-state index in [4.69, 9.17) is 16.3 Å². The number of methoxy groups -OCH3 is 1. The normalized spacial score (nSPS) is 12.5. The summed E-state index contributed by atoms with van der Waals surface area (Å²) in [6, 6.07) is 12.9. The zero-order valence-electron chi connectivity index (χ0n) is 17.9. The quantitative estimate of drug-likeness (QED) is 0.425. The third-order valence-electron chi connectivity index (χ3n) is 4.84. The van der Waals surface area contributed by atoms with Crippen LogP contribution in [0, 0.1) is 5.92 Å². The maximum atomic E-state index is 12.9. The minimum Gasteiger partial charge on any atom is -0.497 e. The molecule has 2 atom stereocenters. The van der Waals surface area contributed by atoms with Gasteiger partial charge in [0.25, 0.3) is 0 Å². The van der Waals surface area contributed by atoms with Crippen LogP contribution in [0.3, 0.4) is 0 Å². The van der Waals surface area contributed by atoms with Gasteiger partial charge in [0, 0.05) is 16.3 Å². The fourth-order valence-corrected chi connectivity index (χ4v) is 3.84. The molecule has 8 nitrogen and oxygen atoms in total. The largest absolute Gasteiger partial charge is 0.497 e. The zero-order valence-corrected chi connectivity index (χ0v) is 19.5. The molecule has 0 saturated heterocycles. The van der Waals surface area contributed by atoms with Gasteiger partial charge in [0.05, 0.1) is 7.11 Å². The van der Waals surface area contributed by atoms with Gasteiger partial charge in [-0.3, -0.25) is 10.1 Å². The van der Waals surface area contributed by atoms with E-state index in [-0.39, 0.29) is 11.8 Å². The summed E-state index contributed by atoms with van der Waals surface area (Å²) in [6.07, 6.45) is 0.695. The average Bonchev–Trinajstić information content (AvgIpc) is 3.25. The van der Waals surface area contributed by atoms with Crippen LogP contribution in [-0.2, 0) is 4.79 Å². The minimum absolute atomic E-state index is 0.106. The summed E-state index contributed by atoms with van der Waals surface area (Å²) in [4.78, 5) is 25.4. The second-order valence-electron chi connectivity index (χ2n) is 7.11. The van der Waals surface area contributed by atoms with E-state index in [1.165, 1.54) is 11.3 Å². The van der Waals surface area contributed by atoms with Crippen LogP contribution in [0.1, 0.15) is 20.3 Å². The molecule has 3 aromatic rings. The number of ether oxygens (including phenoxy) is 1. The molecular weight excluding hydrogens is 450 g/mol. The SMILES string of the molecule is CCC(C)C(NC(=O)Nc1cccc(Cl)c1)C(=O)Nc1nnc(-c2cccc(OC)c2)s1. The molecule has 3 N–H and O–H groups in total. The predicted octanol–water partition coefficient (Wildman–Crippen LogP) is 5.04. The van der Waals surface area contributed by atoms with Crippen molar-refractivity contribution in [2.24, 2.45) is 5.92 Å². The van der Waals surface area contributed by atoms with E-state index in [2.05, 4.69) is 26.1 Å². The monoisotopic (exact) mass is 473 g/mol. The van der Waals surface area contributed by atoms with E-state index < -0.39 is 12.1 Å². The average molecular weight is 474 g/mol. The molecule has 0 radical (unpaired) electrons. The molecule has 32 heavy (non-hydrogen) atoms. The van der Waals surface area contributed by atoms with Gasteiger partial charge in [0.15, 0.2) is 0 Å². The van der Waals surface area contributed by atoms with Crippen LogP contribution in [0.15, 0.2) is 48.5 Å². The number of nitrogens with one attached hydrogen (secondary N) is 3. The third kappa shape index (κ3) is 6.18. The topological polar surface area (TPSA) is 105 Å². The first-order chi connectivity index (χ1) is 15.4. The van der Waals surface area contributed by atoms with Crippen LogP contribution < -0.4 is 20.7 Å². The van der Waals surface area contributed by atoms with Crippen molar-refractivity contribution in [3.63, 3.8) is 0 Å². The van der Waals surface area contributed by atoms with E-state index in [9.17, 15) is 9.59 Å². The van der Waals surface area contributed by atoms with Gasteiger partial charge in [-0.15, -0.1) is 10.2 Å². The number of hydrogen-bond donors (Lipinski definition) is 3. The van der Waals surface area contributed by atoms with Gasteiger partial charge in [-0.2, -0.15) is 0 Å². The fourth-order valence-electron chi connectivity index (χ4n) is 2.91. The number of carbonyl (C=O) groups excluding carboxylic acids is 2. The Labute approximate surface area is 195 Å². The summed E-state index contributed by atoms with van der Waals surface area (Å²) in [5, 5.41) is 17.9. The molecule has 3 rings (SSSR count). The van der Waals surface area contributed by atoms with Gasteiger partial charge >= 0.3 is 6.03 Å². The molecule has 2 unspecified atom stereocenters. The number of nitrogens with zero attached hydrogens (tertiary/aromatic N) is 2. The van der Waals surface area contributed by atoms with Crippen LogP contribution in [0.25, 0.3) is 10.6 Å². The first kappa shape index (κ1) is 23.5. The summed E-state index contributed by atoms with van der Waals surface area (Å²) >= 11 is 7.20. The molecule has 0 spiro atoms. The van der Waals surface area contributed by atoms with Crippen molar-refractivity contribution in [2.45, 2.75) is 26.3 Å². The Kier molecular flexibility index (Phi) is 8.02. The first-order valence-electron chi connectivity index (χ1n) is 10.0. The minimum atomic E-state index is -0.761. The van der Waals surface area contributed by atoms with Crippen LogP contribution in [0.5, 0.6) is 5.75 Å². The highest BCUT2D eigenvalue weighted by Crippen LogP contribution is 2.29. The second kappa shape index (κ2) is 10.9. The Morgan fingerprint density at radius 3 is 2.62 bits per heavy atom. The molecular formula is C22H24ClN5O3S. The Morgan fingerprint density at radius 2 is 1.91 bits per heavy atom. The van der Waals surface area contributed by atoms with Gasteiger partial charge < -0.3 is 15.4 Å². The van der Waals surface area contributed by atoms with E-state index in [1.54, 1.807) is 31.4 Å². The van der Waals surface area contributed by atoms with Crippen LogP contribution in [0.2, 0.25) is 5.02 Å². The molecule has 0 aliphatic heterocycles. The lowest BCUT2D eigenvalue weighted by Crippen LogP contribution is -2.49. The second-order valence-corrected chi connectivity index (χ2v) is 8.52. The number of benzene rings is 2. The lowest BCUT2D eigenvalue weighted by atomic mass is 9.98. The Bertz CT molecular complexity index is 1090. The molecule has 1 aromatic heterocycles. The number of amides is 3. The van der Waals surface area contributed by atoms with Gasteiger partial charge in [0.1, 0.15) is 16.8 Å². The smallest absolute Gasteiger partial charge is 0.319 e. The molecule has 0 bridgehead atoms. The molecule has 0 fully saturated rings. The molecule has 1 heterocycles. The number of halogens is 1. The van der Waals surface area contributed by atoms with Crippen molar-refractivity contribution in [1.82, 2.24) is 15.5 Å². The predicted molar refractivity (Wildman–Crippen MR) is 127 cm³/mol. The summed E-state index contributed by atoms with van der Waals surface area (Å²) in [7, 11) is 1.59. The number of hydrogen-bond acceptors (Lipinski definition) is 6. The number of anilines is 2. The van der Waals surface area contributed by atoms with Gasteiger partial charge in [-0.1, -0.05) is 61.4 Å². The molecule has 10 heteroatoms. The fraction of sp³-hybridized carbons (Fsp3) is 0.273. The highest BCUT2D eigenvalue weighted by Gasteiger charge is 2.27. The summed E-state index contributed by atoms with van der Waals surface area (Å²) in [6.45, 7) is 3.85. The Balaban J connectivity index is 1.68. The molecule has 0 aliphatic carbocycles. The lowest BCUT2D eigenvalue weighted by molar-refractivity contribution is -0.119. The van der Waals surface area contributed by atoms with Crippen molar-refractivity contribution in [3.05, 3.63) is 53.6 Å². The number of carbonyl (C=O) groups is 2. The highest BCUT2D eigenvalue weighted by atomic mass is 35.5. The molecule has 0 saturated carbocycles. The number of aromatic nitrogens is 2. The van der Waals surface area contributed by atoms with Crippen molar-refractivity contribution in [1.29, 1.82) is 0 Å². The van der Waals surface area contributed by atoms with Gasteiger partial charge in [0.2, 0.25) is 11.0 Å². The van der Waals surface area contributed by atoms with E-state index in [0.717, 1.165) is 5.56 Å². The highest BCUT2D eigenvalue weighted by molar-refractivity contribution is 7.18. The number of rotatable bonds is 8. The zero-order chi connectivity index (χ0) is 23.1. The summed E-state index contributed by atoms with van der Waals surface area (Å²) in [5.41, 5.74) is 1.37. The van der Waals surface area contributed by atoms with Gasteiger partial charge in [-0.25, -0.2) is 4.79 Å². The van der Waals surface area contributed by atoms with E-state index >= 15 is 0 Å². The Morgan fingerprint density at radius 1 is 1.12 bits per heavy atom. The summed E-state index contributed by atoms with van der Waals surface area (Å²) < 4.78 is 5.24. The van der Waals surface area contributed by atoms with Crippen LogP contribution in [0.4, 0.5) is 15.6 Å². The van der Waals surface area contributed by atoms with E-state index in [1.807, 2.05) is 38.1 Å². The van der Waals surface area contributed by atoms with Crippen molar-refractivity contribution >= 4 is 45.7 Å². The number of urea groups is 1. The maximum Gasteiger partial charge on any atom is 0.319 e. The van der Waals surface area contributed by atoms with Gasteiger partial charge in [-0.05, 0) is 36.2 Å². The molecule has 0 aliphatic rings. The lowest BCUT2D eigenvalue weighted by Gasteiger charge is -2.23. The molecule has 3 amide bonds. The van der Waals surface area contributed by atoms with Crippen molar-refractivity contribution in [2.75, 3.05) is 17.7 Å². The van der Waals surface area contributed by atoms with Crippen LogP contribution >= 0.6 is 22.9 Å². The van der Waals surface area contributed by atoms with Crippen LogP contribution in [-0.4, -0.2) is 35.3 Å². The van der Waals surface area contributed by atoms with Crippen molar-refractivity contribution < 1.29 is 14.3 Å². The molecule has 2 aromatic carbocycles.